The van der Waals surface area contributed by atoms with Crippen molar-refractivity contribution in [1.29, 1.82) is 0 Å². The lowest BCUT2D eigenvalue weighted by Gasteiger charge is -2.13. The molecule has 0 aliphatic heterocycles. The summed E-state index contributed by atoms with van der Waals surface area (Å²) in [4.78, 5) is 2.38. The molecule has 0 aliphatic carbocycles. The molecule has 0 saturated carbocycles. The molecular formula is C12H29NO3S. The fourth-order valence-electron chi connectivity index (χ4n) is 1.38. The van der Waals surface area contributed by atoms with Gasteiger partial charge in [-0.05, 0) is 26.1 Å². The van der Waals surface area contributed by atoms with Gasteiger partial charge in [-0.3, -0.25) is 4.55 Å². The van der Waals surface area contributed by atoms with Crippen molar-refractivity contribution in [2.24, 2.45) is 0 Å². The third-order valence-corrected chi connectivity index (χ3v) is 3.40. The summed E-state index contributed by atoms with van der Waals surface area (Å²) < 4.78 is 28.6. The zero-order chi connectivity index (χ0) is 13.7. The molecule has 5 heteroatoms. The van der Waals surface area contributed by atoms with Gasteiger partial charge in [0.1, 0.15) is 0 Å². The van der Waals surface area contributed by atoms with Crippen molar-refractivity contribution < 1.29 is 13.0 Å². The largest absolute Gasteiger partial charge is 0.304 e. The van der Waals surface area contributed by atoms with Crippen molar-refractivity contribution >= 4 is 10.1 Å². The van der Waals surface area contributed by atoms with Crippen molar-refractivity contribution in [3.63, 3.8) is 0 Å². The second kappa shape index (κ2) is 12.3. The average molecular weight is 267 g/mol. The lowest BCUT2D eigenvalue weighted by atomic mass is 10.2. The van der Waals surface area contributed by atoms with E-state index < -0.39 is 10.1 Å². The molecule has 4 nitrogen and oxygen atoms in total. The quantitative estimate of drug-likeness (QED) is 0.543. The van der Waals surface area contributed by atoms with E-state index in [1.165, 1.54) is 19.6 Å². The molecule has 0 saturated heterocycles. The minimum atomic E-state index is -3.70. The minimum Gasteiger partial charge on any atom is -0.304 e. The Morgan fingerprint density at radius 2 is 1.35 bits per heavy atom. The van der Waals surface area contributed by atoms with Crippen molar-refractivity contribution in [3.8, 4) is 0 Å². The van der Waals surface area contributed by atoms with E-state index in [-0.39, 0.29) is 5.75 Å². The highest BCUT2D eigenvalue weighted by Crippen LogP contribution is 2.00. The normalized spacial score (nSPS) is 11.2. The Morgan fingerprint density at radius 1 is 0.882 bits per heavy atom. The summed E-state index contributed by atoms with van der Waals surface area (Å²) in [5.74, 6) is -0.0903. The molecule has 106 valence electrons. The number of unbranched alkanes of at least 4 members (excludes halogenated alkanes) is 3. The van der Waals surface area contributed by atoms with E-state index in [4.69, 9.17) is 4.55 Å². The summed E-state index contributed by atoms with van der Waals surface area (Å²) in [7, 11) is -3.70. The van der Waals surface area contributed by atoms with Crippen LogP contribution in [0.1, 0.15) is 53.4 Å². The smallest absolute Gasteiger partial charge is 0.264 e. The first kappa shape index (κ1) is 19.2. The maximum absolute atomic E-state index is 10.1. The zero-order valence-electron chi connectivity index (χ0n) is 11.8. The van der Waals surface area contributed by atoms with Gasteiger partial charge in [0.05, 0.1) is 5.75 Å². The summed E-state index contributed by atoms with van der Waals surface area (Å²) >= 11 is 0. The highest BCUT2D eigenvalue weighted by molar-refractivity contribution is 7.85. The topological polar surface area (TPSA) is 57.6 Å². The zero-order valence-corrected chi connectivity index (χ0v) is 12.6. The molecule has 0 fully saturated rings. The summed E-state index contributed by atoms with van der Waals surface area (Å²) in [6.07, 6.45) is 3.57. The van der Waals surface area contributed by atoms with Crippen LogP contribution >= 0.6 is 0 Å². The van der Waals surface area contributed by atoms with Crippen LogP contribution in [-0.2, 0) is 10.1 Å². The molecule has 0 rings (SSSR count). The van der Waals surface area contributed by atoms with Gasteiger partial charge in [-0.15, -0.1) is 0 Å². The molecule has 0 unspecified atom stereocenters. The van der Waals surface area contributed by atoms with Gasteiger partial charge in [-0.25, -0.2) is 0 Å². The van der Waals surface area contributed by atoms with Gasteiger partial charge >= 0.3 is 0 Å². The molecule has 0 bridgehead atoms. The summed E-state index contributed by atoms with van der Waals surface area (Å²) in [5, 5.41) is 0. The number of hydrogen-bond donors (Lipinski definition) is 1. The van der Waals surface area contributed by atoms with E-state index in [9.17, 15) is 8.42 Å². The van der Waals surface area contributed by atoms with Crippen LogP contribution in [0.15, 0.2) is 0 Å². The molecule has 0 amide bonds. The second-order valence-electron chi connectivity index (χ2n) is 3.97. The lowest BCUT2D eigenvalue weighted by Crippen LogP contribution is -2.21. The molecule has 0 aromatic rings. The Labute approximate surface area is 107 Å². The van der Waals surface area contributed by atoms with Crippen LogP contribution in [0.4, 0.5) is 0 Å². The first-order valence-electron chi connectivity index (χ1n) is 6.58. The lowest BCUT2D eigenvalue weighted by molar-refractivity contribution is 0.321. The van der Waals surface area contributed by atoms with Gasteiger partial charge in [0.2, 0.25) is 0 Å². The van der Waals surface area contributed by atoms with E-state index in [2.05, 4.69) is 25.7 Å². The van der Waals surface area contributed by atoms with Gasteiger partial charge in [0, 0.05) is 0 Å². The SMILES string of the molecule is CCCCCCS(=O)(=O)O.CCN(CC)CC. The molecular weight excluding hydrogens is 238 g/mol. The fraction of sp³-hybridized carbons (Fsp3) is 1.00. The van der Waals surface area contributed by atoms with Crippen LogP contribution < -0.4 is 0 Å². The second-order valence-corrected chi connectivity index (χ2v) is 5.54. The molecule has 0 aromatic heterocycles. The molecule has 0 atom stereocenters. The Morgan fingerprint density at radius 3 is 1.59 bits per heavy atom. The predicted molar refractivity (Wildman–Crippen MR) is 74.0 cm³/mol. The highest BCUT2D eigenvalue weighted by Gasteiger charge is 2.01. The molecule has 0 heterocycles. The van der Waals surface area contributed by atoms with E-state index in [1.54, 1.807) is 0 Å². The standard InChI is InChI=1S/C6H15N.C6H14O3S/c1-4-7(5-2)6-3;1-2-3-4-5-6-10(7,8)9/h4-6H2,1-3H3;2-6H2,1H3,(H,7,8,9). The van der Waals surface area contributed by atoms with Crippen molar-refractivity contribution in [2.45, 2.75) is 53.4 Å². The van der Waals surface area contributed by atoms with E-state index >= 15 is 0 Å². The first-order chi connectivity index (χ1) is 7.91. The Bertz CT molecular complexity index is 231. The molecule has 0 aliphatic rings. The molecule has 0 spiro atoms. The van der Waals surface area contributed by atoms with Gasteiger partial charge in [0.25, 0.3) is 10.1 Å². The van der Waals surface area contributed by atoms with Gasteiger partial charge in [0.15, 0.2) is 0 Å². The number of nitrogens with zero attached hydrogens (tertiary/aromatic N) is 1. The van der Waals surface area contributed by atoms with E-state index in [0.717, 1.165) is 19.3 Å². The van der Waals surface area contributed by atoms with Crippen molar-refractivity contribution in [2.75, 3.05) is 25.4 Å². The monoisotopic (exact) mass is 267 g/mol. The van der Waals surface area contributed by atoms with Gasteiger partial charge < -0.3 is 4.90 Å². The third-order valence-electron chi connectivity index (χ3n) is 2.60. The van der Waals surface area contributed by atoms with E-state index in [0.29, 0.717) is 6.42 Å². The Balaban J connectivity index is 0. The van der Waals surface area contributed by atoms with Crippen LogP contribution in [0.3, 0.4) is 0 Å². The maximum atomic E-state index is 10.1. The van der Waals surface area contributed by atoms with Crippen LogP contribution in [0.2, 0.25) is 0 Å². The average Bonchev–Trinajstić information content (AvgIpc) is 2.27. The van der Waals surface area contributed by atoms with E-state index in [1.807, 2.05) is 6.92 Å². The van der Waals surface area contributed by atoms with Crippen molar-refractivity contribution in [1.82, 2.24) is 4.90 Å². The number of rotatable bonds is 8. The maximum Gasteiger partial charge on any atom is 0.264 e. The van der Waals surface area contributed by atoms with Gasteiger partial charge in [-0.2, -0.15) is 8.42 Å². The van der Waals surface area contributed by atoms with Crippen molar-refractivity contribution in [3.05, 3.63) is 0 Å². The molecule has 1 N–H and O–H groups in total. The van der Waals surface area contributed by atoms with Crippen LogP contribution in [0.25, 0.3) is 0 Å². The molecule has 0 aromatic carbocycles. The van der Waals surface area contributed by atoms with Gasteiger partial charge in [-0.1, -0.05) is 47.0 Å². The first-order valence-corrected chi connectivity index (χ1v) is 8.19. The third kappa shape index (κ3) is 18.4. The Kier molecular flexibility index (Phi) is 13.9. The van der Waals surface area contributed by atoms with Crippen LogP contribution in [0, 0.1) is 0 Å². The summed E-state index contributed by atoms with van der Waals surface area (Å²) in [6, 6.07) is 0. The van der Waals surface area contributed by atoms with Crippen LogP contribution in [0.5, 0.6) is 0 Å². The highest BCUT2D eigenvalue weighted by atomic mass is 32.2. The fourth-order valence-corrected chi connectivity index (χ4v) is 1.95. The molecule has 17 heavy (non-hydrogen) atoms. The summed E-state index contributed by atoms with van der Waals surface area (Å²) in [6.45, 7) is 12.2. The summed E-state index contributed by atoms with van der Waals surface area (Å²) in [5.41, 5.74) is 0. The number of hydrogen-bond acceptors (Lipinski definition) is 3. The minimum absolute atomic E-state index is 0.0903. The molecule has 0 radical (unpaired) electrons. The van der Waals surface area contributed by atoms with Crippen LogP contribution in [-0.4, -0.2) is 43.3 Å². The Hall–Kier alpha value is -0.130. The predicted octanol–water partition coefficient (Wildman–Crippen LogP) is 2.80.